The van der Waals surface area contributed by atoms with Crippen LogP contribution in [0.5, 0.6) is 5.75 Å². The molecule has 2 aromatic heterocycles. The fourth-order valence-corrected chi connectivity index (χ4v) is 5.42. The summed E-state index contributed by atoms with van der Waals surface area (Å²) in [6.45, 7) is 1.93. The molecule has 2 N–H and O–H groups in total. The number of nitrogens with one attached hydrogen (secondary N) is 1. The zero-order valence-electron chi connectivity index (χ0n) is 16.7. The van der Waals surface area contributed by atoms with E-state index in [2.05, 4.69) is 14.8 Å². The predicted octanol–water partition coefficient (Wildman–Crippen LogP) is 3.52. The van der Waals surface area contributed by atoms with E-state index in [4.69, 9.17) is 0 Å². The summed E-state index contributed by atoms with van der Waals surface area (Å²) in [6.07, 6.45) is 1.55. The summed E-state index contributed by atoms with van der Waals surface area (Å²) in [7, 11) is -4.06. The van der Waals surface area contributed by atoms with Crippen LogP contribution in [0, 0.1) is 6.92 Å². The van der Waals surface area contributed by atoms with E-state index in [1.807, 2.05) is 31.2 Å². The molecule has 0 amide bonds. The largest absolute Gasteiger partial charge is 0.505 e. The lowest BCUT2D eigenvalue weighted by molar-refractivity contribution is 0.479. The number of thiophene rings is 1. The number of rotatable bonds is 3. The zero-order valence-corrected chi connectivity index (χ0v) is 18.3. The van der Waals surface area contributed by atoms with E-state index in [1.165, 1.54) is 17.4 Å². The van der Waals surface area contributed by atoms with Gasteiger partial charge in [-0.2, -0.15) is 18.2 Å². The van der Waals surface area contributed by atoms with E-state index >= 15 is 0 Å². The molecule has 0 radical (unpaired) electrons. The lowest BCUT2D eigenvalue weighted by Gasteiger charge is -2.19. The molecule has 0 unspecified atom stereocenters. The normalized spacial score (nSPS) is 14.8. The number of hydrogen-bond acceptors (Lipinski definition) is 7. The molecule has 4 aromatic rings. The summed E-state index contributed by atoms with van der Waals surface area (Å²) in [4.78, 5) is 13.4. The minimum Gasteiger partial charge on any atom is -0.505 e. The summed E-state index contributed by atoms with van der Waals surface area (Å²) in [5.74, 6) is -0.593. The SMILES string of the molecule is Cc1ccccc1C=Nn1c(=O)c(C2=NS(=O)(=O)c3ccccc3N2)c(O)c2sccc21. The number of aromatic hydroxyl groups is 1. The minimum absolute atomic E-state index is 0.00154. The third-order valence-corrected chi connectivity index (χ3v) is 7.34. The van der Waals surface area contributed by atoms with Gasteiger partial charge in [0.2, 0.25) is 0 Å². The number of fused-ring (bicyclic) bond motifs is 2. The van der Waals surface area contributed by atoms with Gasteiger partial charge in [0.1, 0.15) is 10.5 Å². The first-order valence-corrected chi connectivity index (χ1v) is 11.9. The quantitative estimate of drug-likeness (QED) is 0.451. The van der Waals surface area contributed by atoms with E-state index < -0.39 is 15.6 Å². The van der Waals surface area contributed by atoms with Crippen LogP contribution in [0.2, 0.25) is 0 Å². The molecule has 5 rings (SSSR count). The van der Waals surface area contributed by atoms with Crippen LogP contribution in [-0.2, 0) is 10.0 Å². The van der Waals surface area contributed by atoms with Crippen LogP contribution in [0.1, 0.15) is 16.7 Å². The summed E-state index contributed by atoms with van der Waals surface area (Å²) in [5.41, 5.74) is 1.52. The third-order valence-electron chi connectivity index (χ3n) is 5.10. The van der Waals surface area contributed by atoms with E-state index in [0.29, 0.717) is 10.2 Å². The Balaban J connectivity index is 1.73. The van der Waals surface area contributed by atoms with Crippen LogP contribution in [0.15, 0.2) is 79.2 Å². The summed E-state index contributed by atoms with van der Waals surface area (Å²) in [6, 6.07) is 15.5. The molecule has 160 valence electrons. The van der Waals surface area contributed by atoms with Crippen LogP contribution >= 0.6 is 11.3 Å². The van der Waals surface area contributed by atoms with Crippen molar-refractivity contribution in [3.8, 4) is 5.75 Å². The van der Waals surface area contributed by atoms with Gasteiger partial charge in [-0.3, -0.25) is 4.79 Å². The van der Waals surface area contributed by atoms with Gasteiger partial charge in [-0.05, 0) is 41.6 Å². The Bertz CT molecular complexity index is 1610. The Morgan fingerprint density at radius 1 is 1.12 bits per heavy atom. The molecule has 1 aliphatic rings. The summed E-state index contributed by atoms with van der Waals surface area (Å²) < 4.78 is 30.7. The topological polar surface area (TPSA) is 113 Å². The number of amidine groups is 1. The van der Waals surface area contributed by atoms with Crippen LogP contribution < -0.4 is 10.9 Å². The van der Waals surface area contributed by atoms with Crippen molar-refractivity contribution in [1.82, 2.24) is 4.68 Å². The van der Waals surface area contributed by atoms with Gasteiger partial charge < -0.3 is 10.4 Å². The van der Waals surface area contributed by atoms with Crippen LogP contribution in [0.3, 0.4) is 0 Å². The fraction of sp³-hybridized carbons (Fsp3) is 0.0455. The zero-order chi connectivity index (χ0) is 22.5. The lowest BCUT2D eigenvalue weighted by atomic mass is 10.1. The number of aromatic nitrogens is 1. The second kappa shape index (κ2) is 7.43. The molecular formula is C22H16N4O4S2. The molecule has 0 atom stereocenters. The van der Waals surface area contributed by atoms with Crippen molar-refractivity contribution in [3.05, 3.63) is 87.0 Å². The lowest BCUT2D eigenvalue weighted by Crippen LogP contribution is -2.31. The van der Waals surface area contributed by atoms with Crippen molar-refractivity contribution in [3.63, 3.8) is 0 Å². The molecule has 0 saturated carbocycles. The second-order valence-electron chi connectivity index (χ2n) is 7.11. The number of anilines is 1. The fourth-order valence-electron chi connectivity index (χ4n) is 3.48. The summed E-state index contributed by atoms with van der Waals surface area (Å²) in [5, 5.41) is 19.8. The van der Waals surface area contributed by atoms with Gasteiger partial charge in [0.25, 0.3) is 15.6 Å². The summed E-state index contributed by atoms with van der Waals surface area (Å²) >= 11 is 1.21. The van der Waals surface area contributed by atoms with Gasteiger partial charge in [-0.15, -0.1) is 15.7 Å². The predicted molar refractivity (Wildman–Crippen MR) is 126 cm³/mol. The second-order valence-corrected chi connectivity index (χ2v) is 9.60. The Kier molecular flexibility index (Phi) is 4.68. The van der Waals surface area contributed by atoms with E-state index in [9.17, 15) is 18.3 Å². The number of pyridine rings is 1. The Morgan fingerprint density at radius 3 is 2.69 bits per heavy atom. The maximum atomic E-state index is 13.4. The highest BCUT2D eigenvalue weighted by molar-refractivity contribution is 7.90. The van der Waals surface area contributed by atoms with Crippen molar-refractivity contribution >= 4 is 49.3 Å². The van der Waals surface area contributed by atoms with E-state index in [0.717, 1.165) is 15.8 Å². The first-order chi connectivity index (χ1) is 15.4. The molecule has 8 nitrogen and oxygen atoms in total. The first kappa shape index (κ1) is 20.2. The average molecular weight is 465 g/mol. The maximum absolute atomic E-state index is 13.4. The minimum atomic E-state index is -4.06. The number of sulfonamides is 1. The molecule has 3 heterocycles. The van der Waals surface area contributed by atoms with Crippen molar-refractivity contribution in [1.29, 1.82) is 0 Å². The van der Waals surface area contributed by atoms with Crippen molar-refractivity contribution in [2.24, 2.45) is 9.50 Å². The smallest absolute Gasteiger partial charge is 0.286 e. The number of aryl methyl sites for hydroxylation is 1. The van der Waals surface area contributed by atoms with Crippen molar-refractivity contribution in [2.45, 2.75) is 11.8 Å². The van der Waals surface area contributed by atoms with Gasteiger partial charge >= 0.3 is 0 Å². The Hall–Kier alpha value is -3.76. The van der Waals surface area contributed by atoms with Crippen LogP contribution in [0.25, 0.3) is 10.2 Å². The Labute approximate surface area is 186 Å². The van der Waals surface area contributed by atoms with Gasteiger partial charge in [-0.1, -0.05) is 36.4 Å². The number of nitrogens with zero attached hydrogens (tertiary/aromatic N) is 3. The highest BCUT2D eigenvalue weighted by Gasteiger charge is 2.30. The molecule has 0 saturated heterocycles. The number of benzene rings is 2. The molecule has 10 heteroatoms. The number of para-hydroxylation sites is 1. The van der Waals surface area contributed by atoms with E-state index in [-0.39, 0.29) is 27.7 Å². The molecule has 2 aromatic carbocycles. The molecule has 0 aliphatic carbocycles. The first-order valence-electron chi connectivity index (χ1n) is 9.53. The van der Waals surface area contributed by atoms with Crippen LogP contribution in [-0.4, -0.2) is 30.3 Å². The molecule has 32 heavy (non-hydrogen) atoms. The maximum Gasteiger partial charge on any atom is 0.286 e. The third kappa shape index (κ3) is 3.20. The molecule has 0 fully saturated rings. The van der Waals surface area contributed by atoms with Crippen molar-refractivity contribution in [2.75, 3.05) is 5.32 Å². The average Bonchev–Trinajstić information content (AvgIpc) is 3.25. The monoisotopic (exact) mass is 464 g/mol. The van der Waals surface area contributed by atoms with Gasteiger partial charge in [-0.25, -0.2) is 0 Å². The number of hydrogen-bond donors (Lipinski definition) is 2. The molecule has 1 aliphatic heterocycles. The van der Waals surface area contributed by atoms with Gasteiger partial charge in [0.15, 0.2) is 11.6 Å². The molecule has 0 spiro atoms. The highest BCUT2D eigenvalue weighted by atomic mass is 32.2. The highest BCUT2D eigenvalue weighted by Crippen LogP contribution is 2.34. The van der Waals surface area contributed by atoms with Gasteiger partial charge in [0, 0.05) is 0 Å². The Morgan fingerprint density at radius 2 is 1.88 bits per heavy atom. The molecule has 0 bridgehead atoms. The van der Waals surface area contributed by atoms with Crippen LogP contribution in [0.4, 0.5) is 5.69 Å². The van der Waals surface area contributed by atoms with Crippen molar-refractivity contribution < 1.29 is 13.5 Å². The van der Waals surface area contributed by atoms with Gasteiger partial charge in [0.05, 0.1) is 22.1 Å². The molecular weight excluding hydrogens is 448 g/mol. The van der Waals surface area contributed by atoms with E-state index in [1.54, 1.807) is 35.9 Å². The standard InChI is InChI=1S/C22H16N4O4S2/c1-13-6-2-3-7-14(13)12-23-26-16-10-11-31-20(16)19(27)18(22(26)28)21-24-15-8-4-5-9-17(15)32(29,30)25-21/h2-12,27H,1H3,(H,24,25).